The predicted molar refractivity (Wildman–Crippen MR) is 74.6 cm³/mol. The molecule has 0 aliphatic carbocycles. The first-order valence-electron chi connectivity index (χ1n) is 5.92. The number of rotatable bonds is 6. The van der Waals surface area contributed by atoms with E-state index in [0.717, 1.165) is 11.3 Å². The Balaban J connectivity index is 1.95. The van der Waals surface area contributed by atoms with Crippen molar-refractivity contribution in [2.75, 3.05) is 19.0 Å². The van der Waals surface area contributed by atoms with Crippen molar-refractivity contribution < 1.29 is 9.84 Å². The lowest BCUT2D eigenvalue weighted by molar-refractivity contribution is 0.269. The highest BCUT2D eigenvalue weighted by molar-refractivity contribution is 6.32. The Kier molecular flexibility index (Phi) is 4.65. The molecule has 0 amide bonds. The predicted octanol–water partition coefficient (Wildman–Crippen LogP) is 2.15. The fraction of sp³-hybridized carbons (Fsp3) is 0.308. The molecule has 0 unspecified atom stereocenters. The Labute approximate surface area is 116 Å². The number of methoxy groups -OCH3 is 1. The standard InChI is InChI=1S/C13H16ClN3O2/c1-19-13-3-2-11(6-12(13)14)15-7-10-8-16-17(9-10)4-5-18/h2-3,6,8-9,15,18H,4-5,7H2,1H3. The quantitative estimate of drug-likeness (QED) is 0.852. The molecule has 0 fully saturated rings. The van der Waals surface area contributed by atoms with Crippen LogP contribution < -0.4 is 10.1 Å². The molecule has 0 spiro atoms. The summed E-state index contributed by atoms with van der Waals surface area (Å²) in [5.74, 6) is 0.656. The van der Waals surface area contributed by atoms with Crippen LogP contribution in [-0.4, -0.2) is 28.6 Å². The third-order valence-electron chi connectivity index (χ3n) is 2.66. The van der Waals surface area contributed by atoms with Gasteiger partial charge in [-0.3, -0.25) is 4.68 Å². The zero-order chi connectivity index (χ0) is 13.7. The lowest BCUT2D eigenvalue weighted by Gasteiger charge is -2.07. The van der Waals surface area contributed by atoms with Gasteiger partial charge in [0.1, 0.15) is 5.75 Å². The van der Waals surface area contributed by atoms with Crippen molar-refractivity contribution in [2.24, 2.45) is 0 Å². The van der Waals surface area contributed by atoms with E-state index in [-0.39, 0.29) is 6.61 Å². The molecule has 1 heterocycles. The van der Waals surface area contributed by atoms with Gasteiger partial charge in [-0.25, -0.2) is 0 Å². The van der Waals surface area contributed by atoms with Gasteiger partial charge in [0, 0.05) is 24.0 Å². The van der Waals surface area contributed by atoms with Crippen molar-refractivity contribution in [1.29, 1.82) is 0 Å². The molecular formula is C13H16ClN3O2. The normalized spacial score (nSPS) is 10.5. The first-order chi connectivity index (χ1) is 9.22. The monoisotopic (exact) mass is 281 g/mol. The van der Waals surface area contributed by atoms with Gasteiger partial charge in [0.05, 0.1) is 31.5 Å². The summed E-state index contributed by atoms with van der Waals surface area (Å²) >= 11 is 6.05. The maximum atomic E-state index is 8.81. The van der Waals surface area contributed by atoms with Gasteiger partial charge in [0.2, 0.25) is 0 Å². The Morgan fingerprint density at radius 1 is 1.47 bits per heavy atom. The van der Waals surface area contributed by atoms with E-state index in [1.807, 2.05) is 24.4 Å². The van der Waals surface area contributed by atoms with Crippen LogP contribution in [0.3, 0.4) is 0 Å². The maximum Gasteiger partial charge on any atom is 0.137 e. The molecule has 0 saturated carbocycles. The molecule has 5 nitrogen and oxygen atoms in total. The number of hydrogen-bond acceptors (Lipinski definition) is 4. The third kappa shape index (κ3) is 3.62. The summed E-state index contributed by atoms with van der Waals surface area (Å²) in [6, 6.07) is 5.54. The van der Waals surface area contributed by atoms with Crippen molar-refractivity contribution in [3.63, 3.8) is 0 Å². The lowest BCUT2D eigenvalue weighted by atomic mass is 10.3. The summed E-state index contributed by atoms with van der Waals surface area (Å²) < 4.78 is 6.80. The van der Waals surface area contributed by atoms with Crippen LogP contribution >= 0.6 is 11.6 Å². The smallest absolute Gasteiger partial charge is 0.137 e. The van der Waals surface area contributed by atoms with E-state index >= 15 is 0 Å². The fourth-order valence-corrected chi connectivity index (χ4v) is 1.96. The fourth-order valence-electron chi connectivity index (χ4n) is 1.70. The van der Waals surface area contributed by atoms with E-state index in [0.29, 0.717) is 23.9 Å². The van der Waals surface area contributed by atoms with Crippen molar-refractivity contribution in [3.05, 3.63) is 41.2 Å². The average molecular weight is 282 g/mol. The van der Waals surface area contributed by atoms with E-state index in [1.54, 1.807) is 18.0 Å². The number of aliphatic hydroxyl groups is 1. The zero-order valence-corrected chi connectivity index (χ0v) is 11.4. The minimum Gasteiger partial charge on any atom is -0.495 e. The molecule has 2 rings (SSSR count). The van der Waals surface area contributed by atoms with E-state index in [4.69, 9.17) is 21.4 Å². The van der Waals surface area contributed by atoms with Crippen LogP contribution in [0.25, 0.3) is 0 Å². The minimum absolute atomic E-state index is 0.0859. The van der Waals surface area contributed by atoms with Gasteiger partial charge in [0.15, 0.2) is 0 Å². The summed E-state index contributed by atoms with van der Waals surface area (Å²) in [6.07, 6.45) is 3.67. The topological polar surface area (TPSA) is 59.3 Å². The number of hydrogen-bond donors (Lipinski definition) is 2. The summed E-state index contributed by atoms with van der Waals surface area (Å²) in [5, 5.41) is 16.8. The molecule has 1 aromatic heterocycles. The number of ether oxygens (including phenoxy) is 1. The molecule has 1 aromatic carbocycles. The molecule has 2 aromatic rings. The van der Waals surface area contributed by atoms with Gasteiger partial charge in [-0.2, -0.15) is 5.10 Å². The number of benzene rings is 1. The van der Waals surface area contributed by atoms with Gasteiger partial charge in [0.25, 0.3) is 0 Å². The second-order valence-corrected chi connectivity index (χ2v) is 4.45. The molecule has 0 atom stereocenters. The molecule has 2 N–H and O–H groups in total. The maximum absolute atomic E-state index is 8.81. The lowest BCUT2D eigenvalue weighted by Crippen LogP contribution is -2.02. The Morgan fingerprint density at radius 3 is 3.00 bits per heavy atom. The molecule has 0 bridgehead atoms. The minimum atomic E-state index is 0.0859. The second kappa shape index (κ2) is 6.45. The van der Waals surface area contributed by atoms with E-state index in [1.165, 1.54) is 0 Å². The molecule has 0 aliphatic heterocycles. The number of nitrogens with zero attached hydrogens (tertiary/aromatic N) is 2. The first-order valence-corrected chi connectivity index (χ1v) is 6.30. The van der Waals surface area contributed by atoms with E-state index in [2.05, 4.69) is 10.4 Å². The van der Waals surface area contributed by atoms with Crippen molar-refractivity contribution >= 4 is 17.3 Å². The van der Waals surface area contributed by atoms with Crippen LogP contribution in [0.5, 0.6) is 5.75 Å². The van der Waals surface area contributed by atoms with Crippen LogP contribution in [0, 0.1) is 0 Å². The highest BCUT2D eigenvalue weighted by atomic mass is 35.5. The summed E-state index contributed by atoms with van der Waals surface area (Å²) in [4.78, 5) is 0. The molecule has 6 heteroatoms. The Bertz CT molecular complexity index is 542. The Hall–Kier alpha value is -1.72. The van der Waals surface area contributed by atoms with Crippen molar-refractivity contribution in [1.82, 2.24) is 9.78 Å². The van der Waals surface area contributed by atoms with Gasteiger partial charge in [-0.05, 0) is 18.2 Å². The first kappa shape index (κ1) is 13.7. The van der Waals surface area contributed by atoms with E-state index in [9.17, 15) is 0 Å². The number of nitrogens with one attached hydrogen (secondary N) is 1. The van der Waals surface area contributed by atoms with Gasteiger partial charge in [-0.15, -0.1) is 0 Å². The number of aliphatic hydroxyl groups excluding tert-OH is 1. The van der Waals surface area contributed by atoms with Gasteiger partial charge >= 0.3 is 0 Å². The highest BCUT2D eigenvalue weighted by Gasteiger charge is 2.02. The van der Waals surface area contributed by atoms with Crippen molar-refractivity contribution in [3.8, 4) is 5.75 Å². The van der Waals surface area contributed by atoms with Crippen LogP contribution in [0.4, 0.5) is 5.69 Å². The zero-order valence-electron chi connectivity index (χ0n) is 10.6. The van der Waals surface area contributed by atoms with Crippen molar-refractivity contribution in [2.45, 2.75) is 13.1 Å². The number of halogens is 1. The second-order valence-electron chi connectivity index (χ2n) is 4.04. The number of anilines is 1. The molecular weight excluding hydrogens is 266 g/mol. The summed E-state index contributed by atoms with van der Waals surface area (Å²) in [5.41, 5.74) is 1.96. The van der Waals surface area contributed by atoms with E-state index < -0.39 is 0 Å². The van der Waals surface area contributed by atoms with Crippen LogP contribution in [0.15, 0.2) is 30.6 Å². The summed E-state index contributed by atoms with van der Waals surface area (Å²) in [7, 11) is 1.59. The van der Waals surface area contributed by atoms with Crippen LogP contribution in [0.2, 0.25) is 5.02 Å². The molecule has 19 heavy (non-hydrogen) atoms. The SMILES string of the molecule is COc1ccc(NCc2cnn(CCO)c2)cc1Cl. The molecule has 102 valence electrons. The number of aromatic nitrogens is 2. The Morgan fingerprint density at radius 2 is 2.32 bits per heavy atom. The van der Waals surface area contributed by atoms with Gasteiger partial charge in [-0.1, -0.05) is 11.6 Å². The summed E-state index contributed by atoms with van der Waals surface area (Å²) in [6.45, 7) is 1.24. The molecule has 0 saturated heterocycles. The van der Waals surface area contributed by atoms with Crippen LogP contribution in [0.1, 0.15) is 5.56 Å². The van der Waals surface area contributed by atoms with Crippen LogP contribution in [-0.2, 0) is 13.1 Å². The highest BCUT2D eigenvalue weighted by Crippen LogP contribution is 2.27. The largest absolute Gasteiger partial charge is 0.495 e. The molecule has 0 aliphatic rings. The average Bonchev–Trinajstić information content (AvgIpc) is 2.85. The third-order valence-corrected chi connectivity index (χ3v) is 2.96. The molecule has 0 radical (unpaired) electrons. The van der Waals surface area contributed by atoms with Gasteiger partial charge < -0.3 is 15.2 Å².